The normalized spacial score (nSPS) is 33.1. The Labute approximate surface area is 154 Å². The van der Waals surface area contributed by atoms with Gasteiger partial charge in [0, 0.05) is 6.04 Å². The maximum atomic E-state index is 12.4. The van der Waals surface area contributed by atoms with Crippen molar-refractivity contribution in [3.8, 4) is 0 Å². The van der Waals surface area contributed by atoms with Gasteiger partial charge in [-0.3, -0.25) is 4.79 Å². The monoisotopic (exact) mass is 360 g/mol. The first-order valence-corrected chi connectivity index (χ1v) is 9.75. The highest BCUT2D eigenvalue weighted by Crippen LogP contribution is 2.61. The van der Waals surface area contributed by atoms with Crippen LogP contribution in [-0.4, -0.2) is 29.7 Å². The SMILES string of the molecule is Cc1noc(C)c1C(=O)OCC(=O)N[C@@H](C)C12CC3CC(CC(C3)C1)C2. The molecular formula is C20H28N2O4. The first-order chi connectivity index (χ1) is 12.4. The number of aryl methyl sites for hydroxylation is 2. The minimum atomic E-state index is -0.557. The number of rotatable bonds is 5. The van der Waals surface area contributed by atoms with Crippen LogP contribution in [0.4, 0.5) is 0 Å². The van der Waals surface area contributed by atoms with Crippen molar-refractivity contribution in [2.75, 3.05) is 6.61 Å². The van der Waals surface area contributed by atoms with Gasteiger partial charge in [-0.05, 0) is 82.5 Å². The number of carbonyl (C=O) groups excluding carboxylic acids is 2. The number of aromatic nitrogens is 1. The lowest BCUT2D eigenvalue weighted by molar-refractivity contribution is -0.128. The van der Waals surface area contributed by atoms with E-state index in [4.69, 9.17) is 9.26 Å². The van der Waals surface area contributed by atoms with Gasteiger partial charge in [-0.25, -0.2) is 4.79 Å². The molecule has 6 heteroatoms. The Bertz CT molecular complexity index is 669. The van der Waals surface area contributed by atoms with Crippen molar-refractivity contribution in [2.24, 2.45) is 23.2 Å². The van der Waals surface area contributed by atoms with E-state index < -0.39 is 5.97 Å². The Morgan fingerprint density at radius 3 is 2.27 bits per heavy atom. The topological polar surface area (TPSA) is 81.4 Å². The Balaban J connectivity index is 1.33. The number of hydrogen-bond donors (Lipinski definition) is 1. The van der Waals surface area contributed by atoms with Crippen molar-refractivity contribution in [3.63, 3.8) is 0 Å². The van der Waals surface area contributed by atoms with Crippen molar-refractivity contribution >= 4 is 11.9 Å². The zero-order valence-corrected chi connectivity index (χ0v) is 15.8. The molecule has 1 aromatic heterocycles. The number of esters is 1. The molecule has 4 bridgehead atoms. The number of ether oxygens (including phenoxy) is 1. The Kier molecular flexibility index (Phi) is 4.32. The summed E-state index contributed by atoms with van der Waals surface area (Å²) in [5, 5.41) is 6.85. The molecule has 4 fully saturated rings. The van der Waals surface area contributed by atoms with Gasteiger partial charge in [-0.15, -0.1) is 0 Å². The van der Waals surface area contributed by atoms with Crippen molar-refractivity contribution < 1.29 is 18.8 Å². The summed E-state index contributed by atoms with van der Waals surface area (Å²) in [6, 6.07) is 0.126. The Morgan fingerprint density at radius 1 is 1.19 bits per heavy atom. The largest absolute Gasteiger partial charge is 0.452 e. The van der Waals surface area contributed by atoms with Crippen LogP contribution in [0.3, 0.4) is 0 Å². The van der Waals surface area contributed by atoms with Crippen molar-refractivity contribution in [2.45, 2.75) is 65.3 Å². The number of carbonyl (C=O) groups is 2. The number of nitrogens with one attached hydrogen (secondary N) is 1. The van der Waals surface area contributed by atoms with Gasteiger partial charge in [0.1, 0.15) is 11.3 Å². The van der Waals surface area contributed by atoms with Gasteiger partial charge in [-0.1, -0.05) is 5.16 Å². The summed E-state index contributed by atoms with van der Waals surface area (Å²) in [4.78, 5) is 24.5. The summed E-state index contributed by atoms with van der Waals surface area (Å²) < 4.78 is 10.2. The van der Waals surface area contributed by atoms with Crippen LogP contribution in [0.15, 0.2) is 4.52 Å². The Morgan fingerprint density at radius 2 is 1.77 bits per heavy atom. The van der Waals surface area contributed by atoms with E-state index in [9.17, 15) is 9.59 Å². The first-order valence-electron chi connectivity index (χ1n) is 9.75. The molecule has 0 unspecified atom stereocenters. The first kappa shape index (κ1) is 17.6. The lowest BCUT2D eigenvalue weighted by atomic mass is 9.48. The van der Waals surface area contributed by atoms with Gasteiger partial charge in [0.25, 0.3) is 5.91 Å². The average molecular weight is 360 g/mol. The fourth-order valence-electron chi connectivity index (χ4n) is 6.12. The smallest absolute Gasteiger partial charge is 0.344 e. The summed E-state index contributed by atoms with van der Waals surface area (Å²) in [6.45, 7) is 5.20. The van der Waals surface area contributed by atoms with E-state index in [2.05, 4.69) is 17.4 Å². The van der Waals surface area contributed by atoms with Crippen LogP contribution in [0.1, 0.15) is 67.3 Å². The minimum absolute atomic E-state index is 0.126. The second-order valence-electron chi connectivity index (χ2n) is 8.84. The molecule has 1 aromatic rings. The highest BCUT2D eigenvalue weighted by atomic mass is 16.5. The molecule has 0 radical (unpaired) electrons. The average Bonchev–Trinajstić information content (AvgIpc) is 2.90. The highest BCUT2D eigenvalue weighted by molar-refractivity contribution is 5.93. The fraction of sp³-hybridized carbons (Fsp3) is 0.750. The molecule has 4 aliphatic carbocycles. The number of hydrogen-bond acceptors (Lipinski definition) is 5. The summed E-state index contributed by atoms with van der Waals surface area (Å²) in [6.07, 6.45) is 7.86. The van der Waals surface area contributed by atoms with E-state index in [1.54, 1.807) is 13.8 Å². The van der Waals surface area contributed by atoms with Crippen molar-refractivity contribution in [3.05, 3.63) is 17.0 Å². The van der Waals surface area contributed by atoms with Crippen LogP contribution >= 0.6 is 0 Å². The third-order valence-electron chi connectivity index (χ3n) is 6.95. The zero-order valence-electron chi connectivity index (χ0n) is 15.8. The third kappa shape index (κ3) is 3.03. The molecule has 0 aromatic carbocycles. The second-order valence-corrected chi connectivity index (χ2v) is 8.84. The van der Waals surface area contributed by atoms with E-state index in [0.29, 0.717) is 17.0 Å². The summed E-state index contributed by atoms with van der Waals surface area (Å²) in [7, 11) is 0. The standard InChI is InChI=1S/C20H28N2O4/c1-11-18(12(2)26-22-11)19(24)25-10-17(23)21-13(3)20-7-14-4-15(8-20)6-16(5-14)9-20/h13-16H,4-10H2,1-3H3,(H,21,23)/t13-,14?,15?,16?,20?/m0/s1. The van der Waals surface area contributed by atoms with Crippen LogP contribution < -0.4 is 5.32 Å². The molecule has 4 aliphatic rings. The van der Waals surface area contributed by atoms with Gasteiger partial charge >= 0.3 is 5.97 Å². The molecule has 1 heterocycles. The minimum Gasteiger partial charge on any atom is -0.452 e. The predicted molar refractivity (Wildman–Crippen MR) is 94.5 cm³/mol. The van der Waals surface area contributed by atoms with E-state index >= 15 is 0 Å². The Hall–Kier alpha value is -1.85. The van der Waals surface area contributed by atoms with Crippen LogP contribution in [0, 0.1) is 37.0 Å². The molecule has 5 rings (SSSR count). The third-order valence-corrected chi connectivity index (χ3v) is 6.95. The molecule has 1 N–H and O–H groups in total. The maximum absolute atomic E-state index is 12.4. The van der Waals surface area contributed by atoms with Crippen LogP contribution in [0.2, 0.25) is 0 Å². The predicted octanol–water partition coefficient (Wildman–Crippen LogP) is 3.17. The van der Waals surface area contributed by atoms with E-state index in [1.165, 1.54) is 38.5 Å². The molecule has 0 aliphatic heterocycles. The van der Waals surface area contributed by atoms with Gasteiger partial charge in [-0.2, -0.15) is 0 Å². The molecule has 1 atom stereocenters. The van der Waals surface area contributed by atoms with Gasteiger partial charge in [0.2, 0.25) is 0 Å². The number of nitrogens with zero attached hydrogens (tertiary/aromatic N) is 1. The van der Waals surface area contributed by atoms with Crippen LogP contribution in [0.25, 0.3) is 0 Å². The van der Waals surface area contributed by atoms with Crippen molar-refractivity contribution in [1.82, 2.24) is 10.5 Å². The van der Waals surface area contributed by atoms with Crippen molar-refractivity contribution in [1.29, 1.82) is 0 Å². The molecule has 26 heavy (non-hydrogen) atoms. The van der Waals surface area contributed by atoms with Gasteiger partial charge < -0.3 is 14.6 Å². The second kappa shape index (κ2) is 6.39. The van der Waals surface area contributed by atoms with E-state index in [0.717, 1.165) is 17.8 Å². The van der Waals surface area contributed by atoms with Gasteiger partial charge in [0.05, 0.1) is 5.69 Å². The fourth-order valence-corrected chi connectivity index (χ4v) is 6.12. The molecule has 0 spiro atoms. The molecule has 142 valence electrons. The zero-order chi connectivity index (χ0) is 18.5. The van der Waals surface area contributed by atoms with Crippen LogP contribution in [-0.2, 0) is 9.53 Å². The molecule has 0 saturated heterocycles. The molecule has 1 amide bonds. The molecular weight excluding hydrogens is 332 g/mol. The van der Waals surface area contributed by atoms with E-state index in [1.807, 2.05) is 0 Å². The lowest BCUT2D eigenvalue weighted by Crippen LogP contribution is -2.56. The molecule has 6 nitrogen and oxygen atoms in total. The summed E-state index contributed by atoms with van der Waals surface area (Å²) in [5.74, 6) is 2.16. The maximum Gasteiger partial charge on any atom is 0.344 e. The quantitative estimate of drug-likeness (QED) is 0.816. The molecule has 4 saturated carbocycles. The summed E-state index contributed by atoms with van der Waals surface area (Å²) >= 11 is 0. The lowest BCUT2D eigenvalue weighted by Gasteiger charge is -2.59. The van der Waals surface area contributed by atoms with Gasteiger partial charge in [0.15, 0.2) is 6.61 Å². The summed E-state index contributed by atoms with van der Waals surface area (Å²) in [5.41, 5.74) is 1.04. The van der Waals surface area contributed by atoms with E-state index in [-0.39, 0.29) is 24.0 Å². The van der Waals surface area contributed by atoms with Crippen LogP contribution in [0.5, 0.6) is 0 Å². The number of amides is 1. The highest BCUT2D eigenvalue weighted by Gasteiger charge is 2.53.